The summed E-state index contributed by atoms with van der Waals surface area (Å²) in [6, 6.07) is 56.0. The average molecular weight is 522 g/mol. The van der Waals surface area contributed by atoms with Crippen LogP contribution in [-0.4, -0.2) is 4.98 Å². The van der Waals surface area contributed by atoms with Crippen LogP contribution in [0.5, 0.6) is 0 Å². The summed E-state index contributed by atoms with van der Waals surface area (Å²) >= 11 is 0. The molecule has 9 aromatic rings. The lowest BCUT2D eigenvalue weighted by Crippen LogP contribution is -1.83. The number of rotatable bonds is 1. The summed E-state index contributed by atoms with van der Waals surface area (Å²) in [6.45, 7) is 0. The molecule has 1 N–H and O–H groups in total. The highest BCUT2D eigenvalue weighted by atomic mass is 14.7. The first kappa shape index (κ1) is 23.5. The Morgan fingerprint density at radius 3 is 1.71 bits per heavy atom. The van der Waals surface area contributed by atoms with E-state index in [-0.39, 0.29) is 0 Å². The van der Waals surface area contributed by atoms with Crippen molar-refractivity contribution in [1.29, 1.82) is 0 Å². The highest BCUT2D eigenvalue weighted by Crippen LogP contribution is 2.41. The van der Waals surface area contributed by atoms with Crippen LogP contribution in [0.4, 0.5) is 0 Å². The van der Waals surface area contributed by atoms with Gasteiger partial charge in [-0.2, -0.15) is 0 Å². The topological polar surface area (TPSA) is 15.8 Å². The molecule has 0 spiro atoms. The van der Waals surface area contributed by atoms with Crippen molar-refractivity contribution in [2.75, 3.05) is 0 Å². The molecule has 0 aliphatic heterocycles. The van der Waals surface area contributed by atoms with Crippen molar-refractivity contribution >= 4 is 64.9 Å². The summed E-state index contributed by atoms with van der Waals surface area (Å²) in [5, 5.41) is 13.1. The molecule has 8 aromatic carbocycles. The number of fused-ring (bicyclic) bond motifs is 11. The lowest BCUT2D eigenvalue weighted by molar-refractivity contribution is 1.56. The summed E-state index contributed by atoms with van der Waals surface area (Å²) in [7, 11) is 0. The first-order chi connectivity index (χ1) is 20.4. The van der Waals surface area contributed by atoms with Gasteiger partial charge in [-0.05, 0) is 49.5 Å². The minimum absolute atomic E-state index is 1.20. The second-order valence-electron chi connectivity index (χ2n) is 10.6. The maximum Gasteiger partial charge on any atom is 0.0551 e. The Balaban J connectivity index is 0.000000138. The van der Waals surface area contributed by atoms with E-state index in [1.165, 1.54) is 76.0 Å². The molecule has 1 heteroatoms. The fourth-order valence-electron chi connectivity index (χ4n) is 6.40. The predicted molar refractivity (Wildman–Crippen MR) is 178 cm³/mol. The Bertz CT molecular complexity index is 2350. The number of hydrogen-bond donors (Lipinski definition) is 1. The second-order valence-corrected chi connectivity index (χ2v) is 10.6. The third-order valence-electron chi connectivity index (χ3n) is 8.25. The number of hydrogen-bond acceptors (Lipinski definition) is 0. The van der Waals surface area contributed by atoms with Gasteiger partial charge in [-0.3, -0.25) is 0 Å². The van der Waals surface area contributed by atoms with Gasteiger partial charge in [0.05, 0.1) is 5.52 Å². The number of H-pyrrole nitrogens is 1. The van der Waals surface area contributed by atoms with Gasteiger partial charge in [0, 0.05) is 27.1 Å². The van der Waals surface area contributed by atoms with Crippen LogP contribution in [0, 0.1) is 0 Å². The third kappa shape index (κ3) is 3.86. The van der Waals surface area contributed by atoms with E-state index >= 15 is 0 Å². The van der Waals surface area contributed by atoms with Gasteiger partial charge in [0.1, 0.15) is 0 Å². The molecule has 0 amide bonds. The van der Waals surface area contributed by atoms with Gasteiger partial charge in [-0.25, -0.2) is 0 Å². The van der Waals surface area contributed by atoms with E-state index in [4.69, 9.17) is 0 Å². The van der Waals surface area contributed by atoms with E-state index in [1.54, 1.807) is 0 Å². The normalized spacial score (nSPS) is 11.4. The Hall–Kier alpha value is -5.40. The zero-order valence-electron chi connectivity index (χ0n) is 22.5. The van der Waals surface area contributed by atoms with E-state index in [0.29, 0.717) is 0 Å². The van der Waals surface area contributed by atoms with Crippen molar-refractivity contribution in [1.82, 2.24) is 4.98 Å². The molecule has 9 rings (SSSR count). The number of aromatic amines is 1. The molecule has 0 unspecified atom stereocenters. The molecule has 192 valence electrons. The molecule has 0 aliphatic carbocycles. The summed E-state index contributed by atoms with van der Waals surface area (Å²) in [5.41, 5.74) is 5.02. The first-order valence-electron chi connectivity index (χ1n) is 14.1. The van der Waals surface area contributed by atoms with E-state index < -0.39 is 0 Å². The van der Waals surface area contributed by atoms with Crippen molar-refractivity contribution in [3.8, 4) is 11.1 Å². The lowest BCUT2D eigenvalue weighted by atomic mass is 9.93. The van der Waals surface area contributed by atoms with Crippen molar-refractivity contribution in [3.05, 3.63) is 158 Å². The number of benzene rings is 8. The zero-order valence-corrected chi connectivity index (χ0v) is 22.5. The van der Waals surface area contributed by atoms with E-state index in [9.17, 15) is 0 Å². The molecule has 1 aromatic heterocycles. The molecule has 0 saturated heterocycles. The monoisotopic (exact) mass is 521 g/mol. The van der Waals surface area contributed by atoms with E-state index in [0.717, 1.165) is 0 Å². The molecule has 0 radical (unpaired) electrons. The minimum atomic E-state index is 1.20. The van der Waals surface area contributed by atoms with Crippen LogP contribution < -0.4 is 0 Å². The summed E-state index contributed by atoms with van der Waals surface area (Å²) in [6.07, 6.45) is 0. The van der Waals surface area contributed by atoms with Crippen molar-refractivity contribution in [2.45, 2.75) is 0 Å². The highest BCUT2D eigenvalue weighted by Gasteiger charge is 2.15. The number of aromatic nitrogens is 1. The summed E-state index contributed by atoms with van der Waals surface area (Å²) < 4.78 is 0. The SMILES string of the molecule is c1ccc(-c2cccc3ccccc23)cc1.c1ccc2c(c1)ccc1c3ccccc3c3[nH]c4ccccc4c3c21. The van der Waals surface area contributed by atoms with Crippen molar-refractivity contribution in [3.63, 3.8) is 0 Å². The quantitative estimate of drug-likeness (QED) is 0.207. The molecule has 1 nitrogen and oxygen atoms in total. The highest BCUT2D eigenvalue weighted by molar-refractivity contribution is 6.36. The van der Waals surface area contributed by atoms with Crippen LogP contribution in [0.1, 0.15) is 0 Å². The van der Waals surface area contributed by atoms with Crippen molar-refractivity contribution < 1.29 is 0 Å². The fourth-order valence-corrected chi connectivity index (χ4v) is 6.40. The Labute approximate surface area is 238 Å². The van der Waals surface area contributed by atoms with Crippen LogP contribution in [0.2, 0.25) is 0 Å². The van der Waals surface area contributed by atoms with Gasteiger partial charge >= 0.3 is 0 Å². The first-order valence-corrected chi connectivity index (χ1v) is 14.1. The fraction of sp³-hybridized carbons (Fsp3) is 0. The minimum Gasteiger partial charge on any atom is -0.354 e. The van der Waals surface area contributed by atoms with Gasteiger partial charge in [-0.15, -0.1) is 0 Å². The predicted octanol–water partition coefficient (Wildman–Crippen LogP) is 11.3. The second kappa shape index (κ2) is 9.66. The Morgan fingerprint density at radius 1 is 0.317 bits per heavy atom. The van der Waals surface area contributed by atoms with Gasteiger partial charge in [0.15, 0.2) is 0 Å². The standard InChI is InChI=1S/C24H15N.C16H12/c1-2-8-16-15(7-1)13-14-18-17-9-3-4-10-19(17)24-23(22(16)18)20-11-5-6-12-21(20)25-24;1-2-7-13(8-3-1)16-12-6-10-14-9-4-5-11-15(14)16/h1-14,25H;1-12H. The van der Waals surface area contributed by atoms with Crippen LogP contribution in [-0.2, 0) is 0 Å². The van der Waals surface area contributed by atoms with Crippen LogP contribution in [0.25, 0.3) is 76.0 Å². The van der Waals surface area contributed by atoms with Crippen LogP contribution >= 0.6 is 0 Å². The molecule has 0 aliphatic rings. The molecule has 0 saturated carbocycles. The molecular formula is C40H27N. The zero-order chi connectivity index (χ0) is 27.2. The Kier molecular flexibility index (Phi) is 5.53. The van der Waals surface area contributed by atoms with Gasteiger partial charge in [0.25, 0.3) is 0 Å². The third-order valence-corrected chi connectivity index (χ3v) is 8.25. The summed E-state index contributed by atoms with van der Waals surface area (Å²) in [4.78, 5) is 3.68. The average Bonchev–Trinajstić information content (AvgIpc) is 3.45. The van der Waals surface area contributed by atoms with Crippen molar-refractivity contribution in [2.24, 2.45) is 0 Å². The van der Waals surface area contributed by atoms with Gasteiger partial charge < -0.3 is 4.98 Å². The molecule has 0 atom stereocenters. The van der Waals surface area contributed by atoms with Crippen LogP contribution in [0.3, 0.4) is 0 Å². The summed E-state index contributed by atoms with van der Waals surface area (Å²) in [5.74, 6) is 0. The largest absolute Gasteiger partial charge is 0.354 e. The van der Waals surface area contributed by atoms with E-state index in [1.807, 2.05) is 0 Å². The smallest absolute Gasteiger partial charge is 0.0551 e. The molecule has 0 fully saturated rings. The molecule has 1 heterocycles. The van der Waals surface area contributed by atoms with Gasteiger partial charge in [-0.1, -0.05) is 152 Å². The number of para-hydroxylation sites is 1. The van der Waals surface area contributed by atoms with E-state index in [2.05, 4.69) is 163 Å². The molecule has 41 heavy (non-hydrogen) atoms. The molecular weight excluding hydrogens is 494 g/mol. The number of nitrogens with one attached hydrogen (secondary N) is 1. The maximum absolute atomic E-state index is 3.68. The lowest BCUT2D eigenvalue weighted by Gasteiger charge is -2.10. The van der Waals surface area contributed by atoms with Gasteiger partial charge in [0.2, 0.25) is 0 Å². The Morgan fingerprint density at radius 2 is 0.902 bits per heavy atom. The molecule has 0 bridgehead atoms. The van der Waals surface area contributed by atoms with Crippen LogP contribution in [0.15, 0.2) is 158 Å². The maximum atomic E-state index is 3.68.